The highest BCUT2D eigenvalue weighted by molar-refractivity contribution is 6.30. The van der Waals surface area contributed by atoms with Gasteiger partial charge in [0.2, 0.25) is 0 Å². The Morgan fingerprint density at radius 1 is 1.15 bits per heavy atom. The van der Waals surface area contributed by atoms with E-state index in [0.717, 1.165) is 12.8 Å². The number of rotatable bonds is 4. The lowest BCUT2D eigenvalue weighted by molar-refractivity contribution is 0.0676. The van der Waals surface area contributed by atoms with Gasteiger partial charge < -0.3 is 15.0 Å². The second-order valence-electron chi connectivity index (χ2n) is 7.13. The first-order valence-electron chi connectivity index (χ1n) is 9.07. The summed E-state index contributed by atoms with van der Waals surface area (Å²) in [5, 5.41) is 3.67. The third kappa shape index (κ3) is 3.39. The molecule has 2 bridgehead atoms. The number of hydrogen-bond acceptors (Lipinski definition) is 3. The Morgan fingerprint density at radius 3 is 2.59 bits per heavy atom. The lowest BCUT2D eigenvalue weighted by atomic mass is 10.0. The van der Waals surface area contributed by atoms with Crippen LogP contribution in [0.1, 0.15) is 33.6 Å². The molecule has 2 aliphatic rings. The topological polar surface area (TPSA) is 58.6 Å². The average molecular weight is 385 g/mol. The van der Waals surface area contributed by atoms with Crippen LogP contribution in [-0.2, 0) is 0 Å². The molecule has 1 saturated carbocycles. The minimum Gasteiger partial charge on any atom is -0.496 e. The van der Waals surface area contributed by atoms with Gasteiger partial charge in [0.15, 0.2) is 0 Å². The molecule has 2 aromatic rings. The van der Waals surface area contributed by atoms with Crippen LogP contribution in [0.4, 0.5) is 0 Å². The smallest absolute Gasteiger partial charge is 0.257 e. The van der Waals surface area contributed by atoms with Crippen LogP contribution in [-0.4, -0.2) is 42.5 Å². The van der Waals surface area contributed by atoms with Crippen LogP contribution in [0, 0.1) is 5.92 Å². The van der Waals surface area contributed by atoms with Crippen molar-refractivity contribution >= 4 is 23.4 Å². The Kier molecular flexibility index (Phi) is 4.79. The van der Waals surface area contributed by atoms with Crippen molar-refractivity contribution in [3.8, 4) is 5.75 Å². The van der Waals surface area contributed by atoms with Gasteiger partial charge >= 0.3 is 0 Å². The fourth-order valence-electron chi connectivity index (χ4n) is 4.22. The number of benzene rings is 2. The minimum atomic E-state index is -0.0506. The number of carbonyl (C=O) groups is 2. The molecule has 3 atom stereocenters. The van der Waals surface area contributed by atoms with E-state index in [1.54, 1.807) is 18.2 Å². The van der Waals surface area contributed by atoms with Crippen molar-refractivity contribution in [2.24, 2.45) is 5.92 Å². The van der Waals surface area contributed by atoms with Crippen molar-refractivity contribution < 1.29 is 14.3 Å². The van der Waals surface area contributed by atoms with Gasteiger partial charge in [0.1, 0.15) is 5.75 Å². The van der Waals surface area contributed by atoms with Crippen LogP contribution in [0.3, 0.4) is 0 Å². The van der Waals surface area contributed by atoms with Gasteiger partial charge in [-0.2, -0.15) is 0 Å². The molecule has 5 nitrogen and oxygen atoms in total. The molecule has 1 N–H and O–H groups in total. The molecule has 1 aliphatic carbocycles. The molecule has 1 aliphatic heterocycles. The van der Waals surface area contributed by atoms with Crippen molar-refractivity contribution in [3.63, 3.8) is 0 Å². The standard InChI is InChI=1S/C21H21ClN2O3/c1-27-19-10-15(22)7-8-17(19)21(26)24-12-14-9-16(24)11-18(14)23-20(25)13-5-3-2-4-6-13/h2-8,10,14,16,18H,9,11-12H2,1H3,(H,23,25). The van der Waals surface area contributed by atoms with Gasteiger partial charge in [-0.3, -0.25) is 9.59 Å². The fourth-order valence-corrected chi connectivity index (χ4v) is 4.38. The first-order valence-corrected chi connectivity index (χ1v) is 9.45. The fraction of sp³-hybridized carbons (Fsp3) is 0.333. The number of ether oxygens (including phenoxy) is 1. The van der Waals surface area contributed by atoms with Crippen LogP contribution in [0.5, 0.6) is 5.75 Å². The number of methoxy groups -OCH3 is 1. The van der Waals surface area contributed by atoms with Crippen LogP contribution in [0.2, 0.25) is 5.02 Å². The zero-order chi connectivity index (χ0) is 19.0. The largest absolute Gasteiger partial charge is 0.496 e. The summed E-state index contributed by atoms with van der Waals surface area (Å²) in [7, 11) is 1.54. The summed E-state index contributed by atoms with van der Waals surface area (Å²) in [6.07, 6.45) is 1.70. The maximum atomic E-state index is 13.0. The van der Waals surface area contributed by atoms with Gasteiger partial charge in [-0.25, -0.2) is 0 Å². The monoisotopic (exact) mass is 384 g/mol. The van der Waals surface area contributed by atoms with E-state index >= 15 is 0 Å². The van der Waals surface area contributed by atoms with Crippen LogP contribution < -0.4 is 10.1 Å². The average Bonchev–Trinajstić information content (AvgIpc) is 3.28. The number of nitrogens with zero attached hydrogens (tertiary/aromatic N) is 1. The van der Waals surface area contributed by atoms with E-state index in [1.807, 2.05) is 35.2 Å². The van der Waals surface area contributed by atoms with Crippen molar-refractivity contribution in [2.75, 3.05) is 13.7 Å². The number of likely N-dealkylation sites (tertiary alicyclic amines) is 1. The summed E-state index contributed by atoms with van der Waals surface area (Å²) in [6, 6.07) is 14.6. The predicted molar refractivity (Wildman–Crippen MR) is 103 cm³/mol. The summed E-state index contributed by atoms with van der Waals surface area (Å²) in [5.41, 5.74) is 1.19. The highest BCUT2D eigenvalue weighted by Gasteiger charge is 2.47. The number of amides is 2. The van der Waals surface area contributed by atoms with E-state index in [9.17, 15) is 9.59 Å². The third-order valence-corrected chi connectivity index (χ3v) is 5.78. The Bertz CT molecular complexity index is 871. The maximum absolute atomic E-state index is 13.0. The minimum absolute atomic E-state index is 0.0381. The Morgan fingerprint density at radius 2 is 1.93 bits per heavy atom. The number of nitrogens with one attached hydrogen (secondary N) is 1. The van der Waals surface area contributed by atoms with Crippen molar-refractivity contribution in [1.29, 1.82) is 0 Å². The zero-order valence-corrected chi connectivity index (χ0v) is 15.8. The number of piperidine rings is 1. The maximum Gasteiger partial charge on any atom is 0.257 e. The Balaban J connectivity index is 1.43. The van der Waals surface area contributed by atoms with E-state index < -0.39 is 0 Å². The Labute approximate surface area is 163 Å². The van der Waals surface area contributed by atoms with E-state index in [0.29, 0.717) is 28.4 Å². The molecule has 3 unspecified atom stereocenters. The first-order chi connectivity index (χ1) is 13.1. The first kappa shape index (κ1) is 17.9. The van der Waals surface area contributed by atoms with Gasteiger partial charge in [-0.15, -0.1) is 0 Å². The molecule has 2 aromatic carbocycles. The second kappa shape index (κ2) is 7.24. The highest BCUT2D eigenvalue weighted by Crippen LogP contribution is 2.39. The van der Waals surface area contributed by atoms with Gasteiger partial charge in [-0.1, -0.05) is 29.8 Å². The number of fused-ring (bicyclic) bond motifs is 2. The molecule has 27 heavy (non-hydrogen) atoms. The summed E-state index contributed by atoms with van der Waals surface area (Å²) in [4.78, 5) is 27.3. The second-order valence-corrected chi connectivity index (χ2v) is 7.57. The molecule has 6 heteroatoms. The third-order valence-electron chi connectivity index (χ3n) is 5.55. The SMILES string of the molecule is COc1cc(Cl)ccc1C(=O)N1CC2CC1CC2NC(=O)c1ccccc1. The lowest BCUT2D eigenvalue weighted by Crippen LogP contribution is -2.47. The number of carbonyl (C=O) groups excluding carboxylic acids is 2. The van der Waals surface area contributed by atoms with E-state index in [-0.39, 0.29) is 29.8 Å². The van der Waals surface area contributed by atoms with Crippen molar-refractivity contribution in [2.45, 2.75) is 24.9 Å². The molecule has 1 saturated heterocycles. The molecule has 2 fully saturated rings. The molecule has 0 spiro atoms. The van der Waals surface area contributed by atoms with Crippen LogP contribution in [0.15, 0.2) is 48.5 Å². The summed E-state index contributed by atoms with van der Waals surface area (Å²) in [6.45, 7) is 0.648. The number of hydrogen-bond donors (Lipinski definition) is 1. The molecule has 2 amide bonds. The molecule has 0 radical (unpaired) electrons. The van der Waals surface area contributed by atoms with Gasteiger partial charge in [0.25, 0.3) is 11.8 Å². The number of halogens is 1. The Hall–Kier alpha value is -2.53. The van der Waals surface area contributed by atoms with Gasteiger partial charge in [0, 0.05) is 29.2 Å². The van der Waals surface area contributed by atoms with Crippen LogP contribution in [0.25, 0.3) is 0 Å². The summed E-state index contributed by atoms with van der Waals surface area (Å²) >= 11 is 6.00. The molecular formula is C21H21ClN2O3. The van der Waals surface area contributed by atoms with E-state index in [2.05, 4.69) is 5.32 Å². The predicted octanol–water partition coefficient (Wildman–Crippen LogP) is 3.38. The van der Waals surface area contributed by atoms with Crippen molar-refractivity contribution in [1.82, 2.24) is 10.2 Å². The molecular weight excluding hydrogens is 364 g/mol. The van der Waals surface area contributed by atoms with Crippen LogP contribution >= 0.6 is 11.6 Å². The van der Waals surface area contributed by atoms with Gasteiger partial charge in [-0.05, 0) is 49.1 Å². The molecule has 1 heterocycles. The summed E-state index contributed by atoms with van der Waals surface area (Å²) < 4.78 is 5.32. The molecule has 4 rings (SSSR count). The zero-order valence-electron chi connectivity index (χ0n) is 15.0. The molecule has 140 valence electrons. The van der Waals surface area contributed by atoms with E-state index in [1.165, 1.54) is 7.11 Å². The quantitative estimate of drug-likeness (QED) is 0.879. The molecule has 0 aromatic heterocycles. The van der Waals surface area contributed by atoms with Gasteiger partial charge in [0.05, 0.1) is 12.7 Å². The normalized spacial score (nSPS) is 23.3. The van der Waals surface area contributed by atoms with Crippen molar-refractivity contribution in [3.05, 3.63) is 64.7 Å². The highest BCUT2D eigenvalue weighted by atomic mass is 35.5. The lowest BCUT2D eigenvalue weighted by Gasteiger charge is -2.32. The summed E-state index contributed by atoms with van der Waals surface area (Å²) in [5.74, 6) is 0.684. The van der Waals surface area contributed by atoms with E-state index in [4.69, 9.17) is 16.3 Å².